The molecule has 9 aromatic rings. The summed E-state index contributed by atoms with van der Waals surface area (Å²) in [7, 11) is 0. The Balaban J connectivity index is 1.13. The smallest absolute Gasteiger partial charge is 0.136 e. The van der Waals surface area contributed by atoms with Crippen LogP contribution in [0, 0.1) is 0 Å². The Kier molecular flexibility index (Phi) is 6.56. The molecule has 0 atom stereocenters. The zero-order valence-electron chi connectivity index (χ0n) is 28.6. The quantitative estimate of drug-likeness (QED) is 0.184. The highest BCUT2D eigenvalue weighted by atomic mass is 16.3. The molecule has 242 valence electrons. The topological polar surface area (TPSA) is 16.4 Å². The van der Waals surface area contributed by atoms with Gasteiger partial charge in [0.25, 0.3) is 0 Å². The van der Waals surface area contributed by atoms with E-state index < -0.39 is 0 Å². The number of hydrogen-bond donors (Lipinski definition) is 0. The first-order chi connectivity index (χ1) is 25.1. The first-order valence-corrected chi connectivity index (χ1v) is 17.7. The molecule has 2 nitrogen and oxygen atoms in total. The van der Waals surface area contributed by atoms with Crippen LogP contribution in [-0.4, -0.2) is 0 Å². The molecule has 0 radical (unpaired) electrons. The fourth-order valence-electron chi connectivity index (χ4n) is 8.52. The predicted molar refractivity (Wildman–Crippen MR) is 214 cm³/mol. The molecule has 0 aliphatic heterocycles. The van der Waals surface area contributed by atoms with Gasteiger partial charge in [-0.1, -0.05) is 141 Å². The van der Waals surface area contributed by atoms with Gasteiger partial charge in [0.2, 0.25) is 0 Å². The molecule has 0 fully saturated rings. The third kappa shape index (κ3) is 4.57. The lowest BCUT2D eigenvalue weighted by Crippen LogP contribution is -2.16. The van der Waals surface area contributed by atoms with Gasteiger partial charge in [-0.2, -0.15) is 0 Å². The summed E-state index contributed by atoms with van der Waals surface area (Å²) in [4.78, 5) is 2.38. The van der Waals surface area contributed by atoms with Gasteiger partial charge >= 0.3 is 0 Å². The maximum Gasteiger partial charge on any atom is 0.136 e. The van der Waals surface area contributed by atoms with Gasteiger partial charge in [0, 0.05) is 33.1 Å². The van der Waals surface area contributed by atoms with Crippen molar-refractivity contribution in [2.75, 3.05) is 4.90 Å². The summed E-state index contributed by atoms with van der Waals surface area (Å²) in [6.45, 7) is 4.71. The van der Waals surface area contributed by atoms with Gasteiger partial charge in [0.05, 0.1) is 5.69 Å². The lowest BCUT2D eigenvalue weighted by atomic mass is 9.79. The molecular formula is C49H35NO. The molecule has 10 rings (SSSR count). The zero-order valence-corrected chi connectivity index (χ0v) is 28.6. The van der Waals surface area contributed by atoms with Crippen LogP contribution in [0.4, 0.5) is 17.1 Å². The van der Waals surface area contributed by atoms with Gasteiger partial charge in [0.15, 0.2) is 0 Å². The summed E-state index contributed by atoms with van der Waals surface area (Å²) in [6.07, 6.45) is 0. The van der Waals surface area contributed by atoms with E-state index in [1.807, 2.05) is 0 Å². The van der Waals surface area contributed by atoms with Gasteiger partial charge in [-0.15, -0.1) is 0 Å². The average Bonchev–Trinajstić information content (AvgIpc) is 3.66. The minimum atomic E-state index is -0.0826. The number of nitrogens with zero attached hydrogens (tertiary/aromatic N) is 1. The number of para-hydroxylation sites is 2. The first kappa shape index (κ1) is 29.5. The Morgan fingerprint density at radius 1 is 0.451 bits per heavy atom. The largest absolute Gasteiger partial charge is 0.456 e. The highest BCUT2D eigenvalue weighted by Crippen LogP contribution is 2.52. The van der Waals surface area contributed by atoms with E-state index in [0.717, 1.165) is 50.1 Å². The predicted octanol–water partition coefficient (Wildman–Crippen LogP) is 13.8. The Hall–Kier alpha value is -6.38. The first-order valence-electron chi connectivity index (χ1n) is 17.7. The molecule has 0 N–H and O–H groups in total. The van der Waals surface area contributed by atoms with E-state index in [1.165, 1.54) is 44.2 Å². The highest BCUT2D eigenvalue weighted by molar-refractivity contribution is 6.16. The van der Waals surface area contributed by atoms with Crippen molar-refractivity contribution in [3.63, 3.8) is 0 Å². The molecule has 51 heavy (non-hydrogen) atoms. The summed E-state index contributed by atoms with van der Waals surface area (Å²) in [5.41, 5.74) is 15.3. The number of rotatable bonds is 5. The molecule has 0 spiro atoms. The maximum atomic E-state index is 6.50. The third-order valence-electron chi connectivity index (χ3n) is 10.8. The van der Waals surface area contributed by atoms with Crippen LogP contribution in [0.25, 0.3) is 66.1 Å². The van der Waals surface area contributed by atoms with Crippen molar-refractivity contribution >= 4 is 49.8 Å². The van der Waals surface area contributed by atoms with Crippen molar-refractivity contribution in [3.05, 3.63) is 187 Å². The molecule has 1 aliphatic carbocycles. The molecule has 2 heteroatoms. The molecule has 8 aromatic carbocycles. The van der Waals surface area contributed by atoms with E-state index in [4.69, 9.17) is 4.42 Å². The fraction of sp³-hybridized carbons (Fsp3) is 0.0612. The highest BCUT2D eigenvalue weighted by Gasteiger charge is 2.37. The lowest BCUT2D eigenvalue weighted by molar-refractivity contribution is 0.662. The monoisotopic (exact) mass is 653 g/mol. The summed E-state index contributed by atoms with van der Waals surface area (Å²) in [5.74, 6) is 0. The number of hydrogen-bond acceptors (Lipinski definition) is 2. The number of fused-ring (bicyclic) bond motifs is 7. The van der Waals surface area contributed by atoms with Crippen LogP contribution < -0.4 is 4.90 Å². The van der Waals surface area contributed by atoms with E-state index in [2.05, 4.69) is 195 Å². The second kappa shape index (κ2) is 11.3. The molecule has 0 unspecified atom stereocenters. The van der Waals surface area contributed by atoms with Crippen molar-refractivity contribution in [2.45, 2.75) is 19.3 Å². The van der Waals surface area contributed by atoms with E-state index in [1.54, 1.807) is 0 Å². The average molecular weight is 654 g/mol. The van der Waals surface area contributed by atoms with Gasteiger partial charge in [-0.05, 0) is 98.2 Å². The Morgan fingerprint density at radius 2 is 1.06 bits per heavy atom. The molecule has 0 bridgehead atoms. The fourth-order valence-corrected chi connectivity index (χ4v) is 8.52. The van der Waals surface area contributed by atoms with Gasteiger partial charge in [-0.25, -0.2) is 0 Å². The van der Waals surface area contributed by atoms with Crippen LogP contribution in [0.15, 0.2) is 180 Å². The molecule has 1 aliphatic rings. The van der Waals surface area contributed by atoms with E-state index in [-0.39, 0.29) is 5.41 Å². The van der Waals surface area contributed by atoms with Crippen molar-refractivity contribution < 1.29 is 4.42 Å². The van der Waals surface area contributed by atoms with Crippen LogP contribution in [-0.2, 0) is 5.41 Å². The normalized spacial score (nSPS) is 13.1. The SMILES string of the molecule is CC1(C)c2ccccc2-c2cccc(-c3ccc(N(c4ccccc4)c4ccccc4-c4cccc5oc6cc7ccccc7cc6c45)cc3)c21. The van der Waals surface area contributed by atoms with Gasteiger partial charge in [-0.3, -0.25) is 0 Å². The van der Waals surface area contributed by atoms with Crippen LogP contribution in [0.2, 0.25) is 0 Å². The number of furan rings is 1. The minimum Gasteiger partial charge on any atom is -0.456 e. The Bertz CT molecular complexity index is 2770. The maximum absolute atomic E-state index is 6.50. The summed E-state index contributed by atoms with van der Waals surface area (Å²) >= 11 is 0. The molecule has 0 saturated carbocycles. The molecule has 1 aromatic heterocycles. The van der Waals surface area contributed by atoms with Crippen molar-refractivity contribution in [1.82, 2.24) is 0 Å². The minimum absolute atomic E-state index is 0.0826. The second-order valence-corrected chi connectivity index (χ2v) is 14.1. The van der Waals surface area contributed by atoms with Crippen LogP contribution in [0.5, 0.6) is 0 Å². The molecule has 0 amide bonds. The Morgan fingerprint density at radius 3 is 1.88 bits per heavy atom. The van der Waals surface area contributed by atoms with E-state index in [0.29, 0.717) is 0 Å². The van der Waals surface area contributed by atoms with Gasteiger partial charge in [0.1, 0.15) is 11.2 Å². The third-order valence-corrected chi connectivity index (χ3v) is 10.8. The Labute approximate surface area is 297 Å². The van der Waals surface area contributed by atoms with Crippen molar-refractivity contribution in [3.8, 4) is 33.4 Å². The summed E-state index contributed by atoms with van der Waals surface area (Å²) in [6, 6.07) is 63.5. The summed E-state index contributed by atoms with van der Waals surface area (Å²) < 4.78 is 6.50. The van der Waals surface area contributed by atoms with Crippen molar-refractivity contribution in [2.24, 2.45) is 0 Å². The molecule has 0 saturated heterocycles. The number of anilines is 3. The second-order valence-electron chi connectivity index (χ2n) is 14.1. The standard InChI is InChI=1S/C49H35NO/c1-49(2)43-23-10-8-18-38(43)41-22-12-20-37(48(41)49)32-26-28-36(29-27-32)50(35-16-4-3-5-17-35)44-24-11-9-19-39(44)40-21-13-25-45-47(40)42-30-33-14-6-7-15-34(33)31-46(42)51-45/h3-31H,1-2H3. The summed E-state index contributed by atoms with van der Waals surface area (Å²) in [5, 5.41) is 4.65. The van der Waals surface area contributed by atoms with Gasteiger partial charge < -0.3 is 9.32 Å². The molecular weight excluding hydrogens is 619 g/mol. The number of benzene rings is 8. The van der Waals surface area contributed by atoms with E-state index in [9.17, 15) is 0 Å². The van der Waals surface area contributed by atoms with E-state index >= 15 is 0 Å². The van der Waals surface area contributed by atoms with Crippen molar-refractivity contribution in [1.29, 1.82) is 0 Å². The van der Waals surface area contributed by atoms with Crippen LogP contribution >= 0.6 is 0 Å². The zero-order chi connectivity index (χ0) is 34.1. The van der Waals surface area contributed by atoms with Crippen LogP contribution in [0.1, 0.15) is 25.0 Å². The molecule has 1 heterocycles. The van der Waals surface area contributed by atoms with Crippen LogP contribution in [0.3, 0.4) is 0 Å². The lowest BCUT2D eigenvalue weighted by Gasteiger charge is -2.28.